The lowest BCUT2D eigenvalue weighted by molar-refractivity contribution is -0.0788. The average molecular weight is 264 g/mol. The Morgan fingerprint density at radius 3 is 2.35 bits per heavy atom. The number of rotatable bonds is 0. The van der Waals surface area contributed by atoms with E-state index in [2.05, 4.69) is 0 Å². The molecule has 0 spiro atoms. The van der Waals surface area contributed by atoms with Gasteiger partial charge in [-0.2, -0.15) is 0 Å². The van der Waals surface area contributed by atoms with Crippen LogP contribution in [-0.4, -0.2) is 10.9 Å². The van der Waals surface area contributed by atoms with Gasteiger partial charge in [0.1, 0.15) is 5.60 Å². The highest BCUT2D eigenvalue weighted by Gasteiger charge is 2.68. The first-order chi connectivity index (χ1) is 9.53. The van der Waals surface area contributed by atoms with E-state index < -0.39 is 11.0 Å². The Morgan fingerprint density at radius 2 is 1.60 bits per heavy atom. The smallest absolute Gasteiger partial charge is 0.176 e. The van der Waals surface area contributed by atoms with Gasteiger partial charge < -0.3 is 5.11 Å². The van der Waals surface area contributed by atoms with Crippen molar-refractivity contribution in [3.63, 3.8) is 0 Å². The molecule has 4 rings (SSSR count). The molecule has 0 fully saturated rings. The molecule has 0 amide bonds. The van der Waals surface area contributed by atoms with E-state index in [0.29, 0.717) is 0 Å². The van der Waals surface area contributed by atoms with E-state index in [0.717, 1.165) is 22.3 Å². The van der Waals surface area contributed by atoms with Crippen LogP contribution in [-0.2, 0) is 11.0 Å². The molecule has 0 saturated carbocycles. The third-order valence-electron chi connectivity index (χ3n) is 5.39. The summed E-state index contributed by atoms with van der Waals surface area (Å²) in [7, 11) is 0. The van der Waals surface area contributed by atoms with E-state index >= 15 is 0 Å². The van der Waals surface area contributed by atoms with Crippen LogP contribution in [0.4, 0.5) is 0 Å². The van der Waals surface area contributed by atoms with Gasteiger partial charge in [0.15, 0.2) is 5.78 Å². The fourth-order valence-corrected chi connectivity index (χ4v) is 4.20. The molecule has 1 N–H and O–H groups in total. The summed E-state index contributed by atoms with van der Waals surface area (Å²) in [5, 5.41) is 11.3. The summed E-state index contributed by atoms with van der Waals surface area (Å²) in [6.07, 6.45) is 0. The van der Waals surface area contributed by atoms with E-state index in [1.54, 1.807) is 0 Å². The van der Waals surface area contributed by atoms with E-state index in [1.807, 2.05) is 62.4 Å². The van der Waals surface area contributed by atoms with Crippen molar-refractivity contribution < 1.29 is 9.90 Å². The number of Topliss-reactive ketones (excluding diaryl/α,β-unsaturated/α-hetero) is 1. The Balaban J connectivity index is 2.07. The fourth-order valence-electron chi connectivity index (χ4n) is 4.20. The third-order valence-corrected chi connectivity index (χ3v) is 5.39. The topological polar surface area (TPSA) is 37.3 Å². The maximum Gasteiger partial charge on any atom is 0.176 e. The van der Waals surface area contributed by atoms with Gasteiger partial charge >= 0.3 is 0 Å². The van der Waals surface area contributed by atoms with Gasteiger partial charge in [0.25, 0.3) is 0 Å². The molecule has 2 aromatic rings. The van der Waals surface area contributed by atoms with Crippen LogP contribution in [0.1, 0.15) is 46.8 Å². The summed E-state index contributed by atoms with van der Waals surface area (Å²) in [6, 6.07) is 15.4. The second-order valence-corrected chi connectivity index (χ2v) is 6.08. The van der Waals surface area contributed by atoms with E-state index in [1.165, 1.54) is 0 Å². The summed E-state index contributed by atoms with van der Waals surface area (Å²) in [5.41, 5.74) is 1.66. The monoisotopic (exact) mass is 264 g/mol. The maximum atomic E-state index is 13.0. The zero-order valence-corrected chi connectivity index (χ0v) is 11.6. The molecule has 100 valence electrons. The first kappa shape index (κ1) is 11.9. The number of benzene rings is 2. The quantitative estimate of drug-likeness (QED) is 0.793. The standard InChI is InChI=1S/C18H16O2/c1-11-12-7-3-4-8-13(12)16(19)17(2)14-9-5-6-10-15(14)18(11,17)20/h3-11,20H,1-2H3. The van der Waals surface area contributed by atoms with Crippen LogP contribution in [0, 0.1) is 0 Å². The molecule has 0 heterocycles. The number of fused-ring (bicyclic) bond motifs is 5. The molecule has 0 bridgehead atoms. The average Bonchev–Trinajstić information content (AvgIpc) is 2.50. The number of hydrogen-bond acceptors (Lipinski definition) is 2. The van der Waals surface area contributed by atoms with Crippen molar-refractivity contribution in [2.75, 3.05) is 0 Å². The molecule has 2 aromatic carbocycles. The van der Waals surface area contributed by atoms with Crippen molar-refractivity contribution in [3.8, 4) is 0 Å². The summed E-state index contributed by atoms with van der Waals surface area (Å²) >= 11 is 0. The first-order valence-corrected chi connectivity index (χ1v) is 6.99. The number of ketones is 1. The number of carbonyl (C=O) groups excluding carboxylic acids is 1. The zero-order valence-electron chi connectivity index (χ0n) is 11.6. The van der Waals surface area contributed by atoms with E-state index in [4.69, 9.17) is 0 Å². The SMILES string of the molecule is CC1c2ccccc2C(=O)C2(C)c3ccccc3C12O. The van der Waals surface area contributed by atoms with Gasteiger partial charge in [-0.05, 0) is 23.6 Å². The molecular formula is C18H16O2. The minimum atomic E-state index is -1.09. The Labute approximate surface area is 118 Å². The summed E-state index contributed by atoms with van der Waals surface area (Å²) < 4.78 is 0. The highest BCUT2D eigenvalue weighted by Crippen LogP contribution is 2.64. The van der Waals surface area contributed by atoms with Crippen LogP contribution in [0.2, 0.25) is 0 Å². The highest BCUT2D eigenvalue weighted by atomic mass is 16.3. The molecule has 0 saturated heterocycles. The molecule has 2 aliphatic rings. The van der Waals surface area contributed by atoms with Gasteiger partial charge in [-0.3, -0.25) is 4.79 Å². The molecule has 3 atom stereocenters. The summed E-state index contributed by atoms with van der Waals surface area (Å²) in [4.78, 5) is 13.0. The lowest BCUT2D eigenvalue weighted by Crippen LogP contribution is -2.65. The number of hydrogen-bond donors (Lipinski definition) is 1. The Hall–Kier alpha value is -1.93. The molecule has 0 aromatic heterocycles. The van der Waals surface area contributed by atoms with Gasteiger partial charge in [0, 0.05) is 11.5 Å². The lowest BCUT2D eigenvalue weighted by Gasteiger charge is -2.60. The second kappa shape index (κ2) is 3.39. The molecule has 3 unspecified atom stereocenters. The fraction of sp³-hybridized carbons (Fsp3) is 0.278. The van der Waals surface area contributed by atoms with E-state index in [9.17, 15) is 9.90 Å². The third kappa shape index (κ3) is 0.979. The van der Waals surface area contributed by atoms with Gasteiger partial charge in [-0.1, -0.05) is 55.5 Å². The van der Waals surface area contributed by atoms with Crippen LogP contribution in [0.25, 0.3) is 0 Å². The van der Waals surface area contributed by atoms with Crippen LogP contribution < -0.4 is 0 Å². The molecule has 20 heavy (non-hydrogen) atoms. The van der Waals surface area contributed by atoms with Crippen molar-refractivity contribution in [3.05, 3.63) is 70.8 Å². The first-order valence-electron chi connectivity index (χ1n) is 6.99. The molecule has 0 radical (unpaired) electrons. The van der Waals surface area contributed by atoms with Crippen molar-refractivity contribution >= 4 is 5.78 Å². The summed E-state index contributed by atoms with van der Waals surface area (Å²) in [6.45, 7) is 3.89. The van der Waals surface area contributed by atoms with Crippen LogP contribution >= 0.6 is 0 Å². The minimum Gasteiger partial charge on any atom is -0.383 e. The molecule has 2 heteroatoms. The van der Waals surface area contributed by atoms with Crippen molar-refractivity contribution in [1.82, 2.24) is 0 Å². The predicted molar refractivity (Wildman–Crippen MR) is 76.9 cm³/mol. The zero-order chi connectivity index (χ0) is 14.1. The maximum absolute atomic E-state index is 13.0. The van der Waals surface area contributed by atoms with Gasteiger partial charge in [-0.25, -0.2) is 0 Å². The Bertz CT molecular complexity index is 749. The largest absolute Gasteiger partial charge is 0.383 e. The van der Waals surface area contributed by atoms with Crippen molar-refractivity contribution in [2.45, 2.75) is 30.8 Å². The number of aliphatic hydroxyl groups is 1. The highest BCUT2D eigenvalue weighted by molar-refractivity contribution is 6.10. The van der Waals surface area contributed by atoms with Gasteiger partial charge in [-0.15, -0.1) is 0 Å². The molecule has 2 nitrogen and oxygen atoms in total. The van der Waals surface area contributed by atoms with Crippen LogP contribution in [0.5, 0.6) is 0 Å². The molecule has 0 aliphatic heterocycles. The van der Waals surface area contributed by atoms with Crippen LogP contribution in [0.3, 0.4) is 0 Å². The van der Waals surface area contributed by atoms with Gasteiger partial charge in [0.05, 0.1) is 5.41 Å². The Kier molecular flexibility index (Phi) is 2.01. The van der Waals surface area contributed by atoms with Crippen molar-refractivity contribution in [2.24, 2.45) is 0 Å². The normalized spacial score (nSPS) is 33.8. The minimum absolute atomic E-state index is 0.0346. The summed E-state index contributed by atoms with van der Waals surface area (Å²) in [5.74, 6) is -0.0521. The van der Waals surface area contributed by atoms with Gasteiger partial charge in [0.2, 0.25) is 0 Å². The predicted octanol–water partition coefficient (Wildman–Crippen LogP) is 3.15. The Morgan fingerprint density at radius 1 is 1.00 bits per heavy atom. The van der Waals surface area contributed by atoms with Crippen LogP contribution in [0.15, 0.2) is 48.5 Å². The second-order valence-electron chi connectivity index (χ2n) is 6.08. The van der Waals surface area contributed by atoms with Crippen molar-refractivity contribution in [1.29, 1.82) is 0 Å². The molecule has 2 aliphatic carbocycles. The van der Waals surface area contributed by atoms with E-state index in [-0.39, 0.29) is 11.7 Å². The lowest BCUT2D eigenvalue weighted by atomic mass is 9.44. The molecular weight excluding hydrogens is 248 g/mol. The number of carbonyl (C=O) groups is 1.